The van der Waals surface area contributed by atoms with Gasteiger partial charge in [0.1, 0.15) is 5.82 Å². The Balaban J connectivity index is 2.45. The van der Waals surface area contributed by atoms with Crippen molar-refractivity contribution in [1.82, 2.24) is 0 Å². The number of halogens is 2. The van der Waals surface area contributed by atoms with Crippen LogP contribution in [0.15, 0.2) is 36.4 Å². The van der Waals surface area contributed by atoms with Gasteiger partial charge >= 0.3 is 0 Å². The van der Waals surface area contributed by atoms with Crippen LogP contribution < -0.4 is 10.6 Å². The molecule has 2 rings (SSSR count). The zero-order valence-electron chi connectivity index (χ0n) is 12.5. The highest BCUT2D eigenvalue weighted by atomic mass is 35.5. The molecule has 2 aromatic rings. The molecule has 4 heteroatoms. The minimum absolute atomic E-state index is 0.282. The van der Waals surface area contributed by atoms with Crippen LogP contribution in [0.4, 0.5) is 10.1 Å². The Labute approximate surface area is 130 Å². The largest absolute Gasteiger partial charge is 0.366 e. The predicted octanol–water partition coefficient (Wildman–Crippen LogP) is 4.23. The molecule has 1 atom stereocenters. The molecule has 0 aliphatic carbocycles. The number of aryl methyl sites for hydroxylation is 2. The number of nitrogens with two attached hydrogens (primary N) is 1. The molecule has 2 nitrogen and oxygen atoms in total. The number of anilines is 1. The Morgan fingerprint density at radius 1 is 1.19 bits per heavy atom. The third kappa shape index (κ3) is 3.36. The molecule has 2 N–H and O–H groups in total. The summed E-state index contributed by atoms with van der Waals surface area (Å²) < 4.78 is 14.2. The van der Waals surface area contributed by atoms with Crippen molar-refractivity contribution in [3.63, 3.8) is 0 Å². The summed E-state index contributed by atoms with van der Waals surface area (Å²) in [6.07, 6.45) is 0. The highest BCUT2D eigenvalue weighted by Crippen LogP contribution is 2.32. The maximum absolute atomic E-state index is 14.2. The van der Waals surface area contributed by atoms with Crippen molar-refractivity contribution in [2.24, 2.45) is 5.73 Å². The lowest BCUT2D eigenvalue weighted by atomic mass is 10.0. The topological polar surface area (TPSA) is 29.3 Å². The van der Waals surface area contributed by atoms with Crippen LogP contribution >= 0.6 is 11.6 Å². The number of hydrogen-bond donors (Lipinski definition) is 1. The molecule has 0 spiro atoms. The highest BCUT2D eigenvalue weighted by Gasteiger charge is 2.22. The van der Waals surface area contributed by atoms with Crippen LogP contribution in [0.5, 0.6) is 0 Å². The van der Waals surface area contributed by atoms with Crippen molar-refractivity contribution in [3.05, 3.63) is 63.9 Å². The maximum atomic E-state index is 14.2. The molecule has 21 heavy (non-hydrogen) atoms. The van der Waals surface area contributed by atoms with E-state index >= 15 is 0 Å². The summed E-state index contributed by atoms with van der Waals surface area (Å²) in [6, 6.07) is 10.6. The zero-order valence-corrected chi connectivity index (χ0v) is 13.3. The lowest BCUT2D eigenvalue weighted by Gasteiger charge is -2.31. The fourth-order valence-corrected chi connectivity index (χ4v) is 2.92. The molecule has 0 amide bonds. The van der Waals surface area contributed by atoms with Crippen molar-refractivity contribution in [1.29, 1.82) is 0 Å². The third-order valence-corrected chi connectivity index (χ3v) is 3.97. The molecule has 0 saturated heterocycles. The Kier molecular flexibility index (Phi) is 4.86. The second-order valence-electron chi connectivity index (χ2n) is 5.34. The van der Waals surface area contributed by atoms with Crippen molar-refractivity contribution in [3.8, 4) is 0 Å². The van der Waals surface area contributed by atoms with Crippen molar-refractivity contribution in [2.45, 2.75) is 19.9 Å². The molecule has 2 aromatic carbocycles. The summed E-state index contributed by atoms with van der Waals surface area (Å²) in [5.41, 5.74) is 9.66. The molecule has 0 aliphatic heterocycles. The molecule has 1 unspecified atom stereocenters. The van der Waals surface area contributed by atoms with Gasteiger partial charge in [-0.15, -0.1) is 0 Å². The first-order valence-corrected chi connectivity index (χ1v) is 7.27. The first-order valence-electron chi connectivity index (χ1n) is 6.89. The number of likely N-dealkylation sites (N-methyl/N-ethyl adjacent to an activating group) is 1. The molecule has 0 saturated carbocycles. The minimum Gasteiger partial charge on any atom is -0.366 e. The zero-order chi connectivity index (χ0) is 15.6. The second-order valence-corrected chi connectivity index (χ2v) is 5.75. The lowest BCUT2D eigenvalue weighted by Crippen LogP contribution is -2.31. The highest BCUT2D eigenvalue weighted by molar-refractivity contribution is 6.31. The van der Waals surface area contributed by atoms with Crippen LogP contribution in [0.2, 0.25) is 5.02 Å². The Morgan fingerprint density at radius 3 is 2.33 bits per heavy atom. The second kappa shape index (κ2) is 6.46. The molecule has 0 radical (unpaired) electrons. The maximum Gasteiger partial charge on any atom is 0.130 e. The summed E-state index contributed by atoms with van der Waals surface area (Å²) in [5, 5.41) is 0.404. The van der Waals surface area contributed by atoms with Crippen molar-refractivity contribution in [2.75, 3.05) is 18.5 Å². The van der Waals surface area contributed by atoms with Gasteiger partial charge in [-0.3, -0.25) is 0 Å². The number of benzene rings is 2. The van der Waals surface area contributed by atoms with Crippen molar-refractivity contribution >= 4 is 17.3 Å². The third-order valence-electron chi connectivity index (χ3n) is 3.64. The minimum atomic E-state index is -0.325. The van der Waals surface area contributed by atoms with E-state index in [1.54, 1.807) is 12.1 Å². The Morgan fingerprint density at radius 2 is 1.81 bits per heavy atom. The van der Waals surface area contributed by atoms with E-state index < -0.39 is 0 Å². The average Bonchev–Trinajstić information content (AvgIpc) is 2.41. The van der Waals surface area contributed by atoms with E-state index in [0.717, 1.165) is 16.8 Å². The van der Waals surface area contributed by atoms with Gasteiger partial charge in [0.05, 0.1) is 6.04 Å². The first kappa shape index (κ1) is 15.8. The number of rotatable bonds is 4. The van der Waals surface area contributed by atoms with E-state index in [0.29, 0.717) is 10.6 Å². The van der Waals surface area contributed by atoms with Crippen LogP contribution in [-0.2, 0) is 0 Å². The fourth-order valence-electron chi connectivity index (χ4n) is 2.63. The average molecular weight is 307 g/mol. The van der Waals surface area contributed by atoms with Gasteiger partial charge in [0.15, 0.2) is 0 Å². The molecular formula is C17H20ClFN2. The summed E-state index contributed by atoms with van der Waals surface area (Å²) >= 11 is 6.17. The van der Waals surface area contributed by atoms with Crippen molar-refractivity contribution < 1.29 is 4.39 Å². The summed E-state index contributed by atoms with van der Waals surface area (Å²) in [6.45, 7) is 4.36. The van der Waals surface area contributed by atoms with E-state index in [-0.39, 0.29) is 18.4 Å². The van der Waals surface area contributed by atoms with Gasteiger partial charge < -0.3 is 10.6 Å². The van der Waals surface area contributed by atoms with Crippen LogP contribution in [0, 0.1) is 19.7 Å². The fraction of sp³-hybridized carbons (Fsp3) is 0.294. The van der Waals surface area contributed by atoms with Gasteiger partial charge in [0, 0.05) is 29.9 Å². The van der Waals surface area contributed by atoms with Crippen LogP contribution in [0.25, 0.3) is 0 Å². The van der Waals surface area contributed by atoms with E-state index in [4.69, 9.17) is 17.3 Å². The molecule has 112 valence electrons. The molecule has 0 bridgehead atoms. The van der Waals surface area contributed by atoms with E-state index in [1.165, 1.54) is 6.07 Å². The normalized spacial score (nSPS) is 12.3. The van der Waals surface area contributed by atoms with Gasteiger partial charge in [0.25, 0.3) is 0 Å². The molecule has 0 heterocycles. The quantitative estimate of drug-likeness (QED) is 0.916. The number of hydrogen-bond acceptors (Lipinski definition) is 2. The van der Waals surface area contributed by atoms with Crippen LogP contribution in [-0.4, -0.2) is 13.6 Å². The standard InChI is InChI=1S/C17H20ClFN2/c1-11-7-12(2)9-13(8-11)21(3)16(10-20)17-14(18)5-4-6-15(17)19/h4-9,16H,10,20H2,1-3H3. The smallest absolute Gasteiger partial charge is 0.130 e. The van der Waals surface area contributed by atoms with E-state index in [2.05, 4.69) is 18.2 Å². The Hall–Kier alpha value is -1.58. The van der Waals surface area contributed by atoms with E-state index in [9.17, 15) is 4.39 Å². The molecule has 0 fully saturated rings. The monoisotopic (exact) mass is 306 g/mol. The molecule has 0 aliphatic rings. The SMILES string of the molecule is Cc1cc(C)cc(N(C)C(CN)c2c(F)cccc2Cl)c1. The Bertz CT molecular complexity index is 602. The lowest BCUT2D eigenvalue weighted by molar-refractivity contribution is 0.573. The predicted molar refractivity (Wildman–Crippen MR) is 87.5 cm³/mol. The summed E-state index contributed by atoms with van der Waals surface area (Å²) in [5.74, 6) is -0.325. The van der Waals surface area contributed by atoms with Gasteiger partial charge in [-0.05, 0) is 49.2 Å². The first-order chi connectivity index (χ1) is 9.93. The van der Waals surface area contributed by atoms with Gasteiger partial charge in [-0.25, -0.2) is 4.39 Å². The molecular weight excluding hydrogens is 287 g/mol. The summed E-state index contributed by atoms with van der Waals surface area (Å²) in [7, 11) is 1.91. The van der Waals surface area contributed by atoms with Gasteiger partial charge in [-0.1, -0.05) is 23.7 Å². The van der Waals surface area contributed by atoms with Gasteiger partial charge in [-0.2, -0.15) is 0 Å². The molecule has 0 aromatic heterocycles. The summed E-state index contributed by atoms with van der Waals surface area (Å²) in [4.78, 5) is 1.98. The van der Waals surface area contributed by atoms with Gasteiger partial charge in [0.2, 0.25) is 0 Å². The van der Waals surface area contributed by atoms with Crippen LogP contribution in [0.1, 0.15) is 22.7 Å². The van der Waals surface area contributed by atoms with E-state index in [1.807, 2.05) is 25.8 Å². The van der Waals surface area contributed by atoms with Crippen LogP contribution in [0.3, 0.4) is 0 Å². The number of nitrogens with zero attached hydrogens (tertiary/aromatic N) is 1.